The van der Waals surface area contributed by atoms with Gasteiger partial charge in [-0.1, -0.05) is 84.4 Å². The van der Waals surface area contributed by atoms with E-state index in [0.717, 1.165) is 16.0 Å². The number of rotatable bonds is 7. The van der Waals surface area contributed by atoms with E-state index in [1.165, 1.54) is 11.8 Å². The van der Waals surface area contributed by atoms with Gasteiger partial charge >= 0.3 is 6.09 Å². The van der Waals surface area contributed by atoms with Gasteiger partial charge in [-0.05, 0) is 42.0 Å². The summed E-state index contributed by atoms with van der Waals surface area (Å²) in [4.78, 5) is 28.1. The molecule has 1 fully saturated rings. The minimum atomic E-state index is -1.15. The topological polar surface area (TPSA) is 66.8 Å². The first-order valence-electron chi connectivity index (χ1n) is 11.0. The molecule has 0 aromatic heterocycles. The number of amides is 2. The summed E-state index contributed by atoms with van der Waals surface area (Å²) < 4.78 is 5.62. The fourth-order valence-electron chi connectivity index (χ4n) is 4.44. The van der Waals surface area contributed by atoms with Gasteiger partial charge in [-0.15, -0.1) is 0 Å². The minimum absolute atomic E-state index is 0.393. The summed E-state index contributed by atoms with van der Waals surface area (Å²) in [6.45, 7) is 1.79. The molecule has 34 heavy (non-hydrogen) atoms. The molecule has 0 aliphatic carbocycles. The van der Waals surface area contributed by atoms with Crippen molar-refractivity contribution in [3.63, 3.8) is 0 Å². The number of carbonyl (C=O) groups is 2. The number of ether oxygens (including phenoxy) is 1. The van der Waals surface area contributed by atoms with Crippen molar-refractivity contribution >= 4 is 35.4 Å². The molecule has 0 spiro atoms. The molecule has 2 amide bonds. The normalized spacial score (nSPS) is 20.5. The second-order valence-electron chi connectivity index (χ2n) is 8.25. The lowest BCUT2D eigenvalue weighted by molar-refractivity contribution is -0.137. The van der Waals surface area contributed by atoms with Crippen LogP contribution < -0.4 is 0 Å². The predicted octanol–water partition coefficient (Wildman–Crippen LogP) is 6.20. The molecule has 0 saturated carbocycles. The van der Waals surface area contributed by atoms with Gasteiger partial charge in [0.1, 0.15) is 6.10 Å². The molecule has 5 nitrogen and oxygen atoms in total. The number of benzene rings is 3. The Kier molecular flexibility index (Phi) is 7.61. The van der Waals surface area contributed by atoms with Crippen molar-refractivity contribution in [3.05, 3.63) is 107 Å². The van der Waals surface area contributed by atoms with Gasteiger partial charge < -0.3 is 9.84 Å². The van der Waals surface area contributed by atoms with Crippen LogP contribution >= 0.6 is 23.4 Å². The van der Waals surface area contributed by atoms with E-state index in [2.05, 4.69) is 0 Å². The summed E-state index contributed by atoms with van der Waals surface area (Å²) >= 11 is 7.50. The van der Waals surface area contributed by atoms with Gasteiger partial charge in [-0.2, -0.15) is 11.8 Å². The SMILES string of the molecule is CS[C@@H](c1ccccc1)[C@@H](C(=O)N1C(=O)O[C@H](c2ccccc2)C1C)[C@@H](O)c1ccc(Cl)cc1. The number of aliphatic hydroxyl groups is 1. The summed E-state index contributed by atoms with van der Waals surface area (Å²) in [6.07, 6.45) is -0.536. The van der Waals surface area contributed by atoms with E-state index in [1.807, 2.05) is 66.9 Å². The summed E-state index contributed by atoms with van der Waals surface area (Å²) in [5, 5.41) is 11.6. The highest BCUT2D eigenvalue weighted by atomic mass is 35.5. The Labute approximate surface area is 208 Å². The van der Waals surface area contributed by atoms with E-state index in [0.29, 0.717) is 10.6 Å². The van der Waals surface area contributed by atoms with Crippen LogP contribution in [0.1, 0.15) is 41.1 Å². The third-order valence-corrected chi connectivity index (χ3v) is 7.51. The fraction of sp³-hybridized carbons (Fsp3) is 0.259. The smallest absolute Gasteiger partial charge is 0.417 e. The van der Waals surface area contributed by atoms with E-state index in [-0.39, 0.29) is 0 Å². The molecule has 3 aromatic carbocycles. The first kappa shape index (κ1) is 24.3. The zero-order valence-electron chi connectivity index (χ0n) is 18.9. The molecule has 4 rings (SSSR count). The Morgan fingerprint density at radius 1 is 0.971 bits per heavy atom. The largest absolute Gasteiger partial charge is 0.439 e. The van der Waals surface area contributed by atoms with Crippen LogP contribution in [0.5, 0.6) is 0 Å². The van der Waals surface area contributed by atoms with Crippen molar-refractivity contribution in [1.29, 1.82) is 0 Å². The number of cyclic esters (lactones) is 1. The number of hydrogen-bond donors (Lipinski definition) is 1. The molecule has 1 heterocycles. The van der Waals surface area contributed by atoms with Crippen molar-refractivity contribution in [2.24, 2.45) is 5.92 Å². The van der Waals surface area contributed by atoms with Crippen LogP contribution in [-0.4, -0.2) is 34.3 Å². The maximum Gasteiger partial charge on any atom is 0.417 e. The Balaban J connectivity index is 1.72. The van der Waals surface area contributed by atoms with Gasteiger partial charge in [-0.3, -0.25) is 4.79 Å². The molecule has 0 bridgehead atoms. The van der Waals surface area contributed by atoms with Gasteiger partial charge in [0.05, 0.1) is 18.1 Å². The van der Waals surface area contributed by atoms with E-state index >= 15 is 0 Å². The molecule has 5 atom stereocenters. The van der Waals surface area contributed by atoms with E-state index in [4.69, 9.17) is 16.3 Å². The Bertz CT molecular complexity index is 1130. The summed E-state index contributed by atoms with van der Waals surface area (Å²) in [5.41, 5.74) is 2.26. The van der Waals surface area contributed by atoms with Crippen molar-refractivity contribution in [2.45, 2.75) is 30.4 Å². The molecule has 0 radical (unpaired) electrons. The van der Waals surface area contributed by atoms with Gasteiger partial charge in [0, 0.05) is 10.3 Å². The number of thioether (sulfide) groups is 1. The number of carbonyl (C=O) groups excluding carboxylic acids is 2. The van der Waals surface area contributed by atoms with Crippen LogP contribution in [-0.2, 0) is 9.53 Å². The lowest BCUT2D eigenvalue weighted by Crippen LogP contribution is -2.44. The average Bonchev–Trinajstić information content (AvgIpc) is 3.17. The quantitative estimate of drug-likeness (QED) is 0.422. The number of imide groups is 1. The molecule has 1 unspecified atom stereocenters. The predicted molar refractivity (Wildman–Crippen MR) is 135 cm³/mol. The van der Waals surface area contributed by atoms with Crippen molar-refractivity contribution in [1.82, 2.24) is 4.90 Å². The van der Waals surface area contributed by atoms with Crippen molar-refractivity contribution in [3.8, 4) is 0 Å². The van der Waals surface area contributed by atoms with Crippen molar-refractivity contribution < 1.29 is 19.4 Å². The molecular formula is C27H26ClNO4S. The minimum Gasteiger partial charge on any atom is -0.439 e. The zero-order chi connectivity index (χ0) is 24.2. The maximum absolute atomic E-state index is 14.0. The number of aliphatic hydroxyl groups excluding tert-OH is 1. The van der Waals surface area contributed by atoms with E-state index in [1.54, 1.807) is 31.2 Å². The van der Waals surface area contributed by atoms with Crippen LogP contribution in [0.15, 0.2) is 84.9 Å². The Hall–Kier alpha value is -2.80. The van der Waals surface area contributed by atoms with Gasteiger partial charge in [0.15, 0.2) is 0 Å². The maximum atomic E-state index is 14.0. The zero-order valence-corrected chi connectivity index (χ0v) is 20.4. The van der Waals surface area contributed by atoms with Crippen LogP contribution in [0.3, 0.4) is 0 Å². The summed E-state index contributed by atoms with van der Waals surface area (Å²) in [6, 6.07) is 25.1. The molecule has 7 heteroatoms. The number of halogens is 1. The Morgan fingerprint density at radius 3 is 2.15 bits per heavy atom. The third-order valence-electron chi connectivity index (χ3n) is 6.18. The molecule has 176 valence electrons. The molecular weight excluding hydrogens is 470 g/mol. The molecule has 1 N–H and O–H groups in total. The van der Waals surface area contributed by atoms with E-state index < -0.39 is 41.4 Å². The summed E-state index contributed by atoms with van der Waals surface area (Å²) in [5.74, 6) is -1.40. The van der Waals surface area contributed by atoms with Crippen LogP contribution in [0, 0.1) is 5.92 Å². The third kappa shape index (κ3) is 4.85. The first-order valence-corrected chi connectivity index (χ1v) is 12.7. The highest BCUT2D eigenvalue weighted by Crippen LogP contribution is 2.44. The Morgan fingerprint density at radius 2 is 1.56 bits per heavy atom. The monoisotopic (exact) mass is 495 g/mol. The second kappa shape index (κ2) is 10.6. The molecule has 1 saturated heterocycles. The van der Waals surface area contributed by atoms with Crippen LogP contribution in [0.25, 0.3) is 0 Å². The van der Waals surface area contributed by atoms with E-state index in [9.17, 15) is 14.7 Å². The molecule has 1 aliphatic heterocycles. The molecule has 3 aromatic rings. The number of hydrogen-bond acceptors (Lipinski definition) is 5. The molecule has 1 aliphatic rings. The van der Waals surface area contributed by atoms with Gasteiger partial charge in [-0.25, -0.2) is 9.69 Å². The highest BCUT2D eigenvalue weighted by Gasteiger charge is 2.48. The fourth-order valence-corrected chi connectivity index (χ4v) is 5.55. The van der Waals surface area contributed by atoms with Gasteiger partial charge in [0.25, 0.3) is 0 Å². The van der Waals surface area contributed by atoms with Gasteiger partial charge in [0.2, 0.25) is 5.91 Å². The van der Waals surface area contributed by atoms with Crippen LogP contribution in [0.4, 0.5) is 4.79 Å². The standard InChI is InChI=1S/C27H26ClNO4S/c1-17-24(19-9-5-3-6-10-19)33-27(32)29(17)26(31)22(23(30)18-13-15-21(28)16-14-18)25(34-2)20-11-7-4-8-12-20/h3-17,22-25,30H,1-2H3/t17?,22-,23-,24-,25-/m0/s1. The lowest BCUT2D eigenvalue weighted by atomic mass is 9.87. The number of nitrogens with zero attached hydrogens (tertiary/aromatic N) is 1. The lowest BCUT2D eigenvalue weighted by Gasteiger charge is -2.32. The highest BCUT2D eigenvalue weighted by molar-refractivity contribution is 7.98. The first-order chi connectivity index (χ1) is 16.4. The summed E-state index contributed by atoms with van der Waals surface area (Å²) in [7, 11) is 0. The second-order valence-corrected chi connectivity index (χ2v) is 9.67. The van der Waals surface area contributed by atoms with Crippen LogP contribution in [0.2, 0.25) is 5.02 Å². The van der Waals surface area contributed by atoms with Crippen molar-refractivity contribution in [2.75, 3.05) is 6.26 Å². The average molecular weight is 496 g/mol.